The van der Waals surface area contributed by atoms with E-state index in [9.17, 15) is 4.79 Å². The Morgan fingerprint density at radius 2 is 2.27 bits per heavy atom. The number of ether oxygens (including phenoxy) is 1. The van der Waals surface area contributed by atoms with Crippen molar-refractivity contribution in [2.75, 3.05) is 6.61 Å². The van der Waals surface area contributed by atoms with Gasteiger partial charge in [0.2, 0.25) is 0 Å². The van der Waals surface area contributed by atoms with Gasteiger partial charge in [0.15, 0.2) is 5.78 Å². The first kappa shape index (κ1) is 9.96. The number of hydrogen-bond donors (Lipinski definition) is 0. The van der Waals surface area contributed by atoms with Gasteiger partial charge in [0.25, 0.3) is 0 Å². The Bertz CT molecular complexity index is 444. The second-order valence-electron chi connectivity index (χ2n) is 3.76. The van der Waals surface area contributed by atoms with Crippen LogP contribution in [0.15, 0.2) is 11.8 Å². The summed E-state index contributed by atoms with van der Waals surface area (Å²) >= 11 is 0. The average Bonchev–Trinajstić information content (AvgIpc) is 2.76. The van der Waals surface area contributed by atoms with Crippen LogP contribution >= 0.6 is 0 Å². The molecule has 1 aliphatic heterocycles. The Labute approximate surface area is 88.5 Å². The van der Waals surface area contributed by atoms with Crippen molar-refractivity contribution in [3.63, 3.8) is 0 Å². The number of hydrogen-bond acceptors (Lipinski definition) is 3. The third-order valence-corrected chi connectivity index (χ3v) is 2.74. The maximum atomic E-state index is 12.1. The third-order valence-electron chi connectivity index (χ3n) is 2.74. The molecule has 80 valence electrons. The molecule has 15 heavy (non-hydrogen) atoms. The Morgan fingerprint density at radius 1 is 1.53 bits per heavy atom. The molecule has 4 nitrogen and oxygen atoms in total. The summed E-state index contributed by atoms with van der Waals surface area (Å²) in [6, 6.07) is 0. The van der Waals surface area contributed by atoms with Gasteiger partial charge in [-0.1, -0.05) is 0 Å². The molecule has 0 bridgehead atoms. The van der Waals surface area contributed by atoms with Crippen LogP contribution < -0.4 is 0 Å². The van der Waals surface area contributed by atoms with Crippen LogP contribution in [0, 0.1) is 13.8 Å². The van der Waals surface area contributed by atoms with E-state index in [4.69, 9.17) is 4.74 Å². The fourth-order valence-electron chi connectivity index (χ4n) is 1.82. The maximum Gasteiger partial charge on any atom is 0.195 e. The molecule has 0 amide bonds. The predicted octanol–water partition coefficient (Wildman–Crippen LogP) is 1.52. The minimum absolute atomic E-state index is 0.0515. The lowest BCUT2D eigenvalue weighted by atomic mass is 10.0. The molecule has 0 N–H and O–H groups in total. The van der Waals surface area contributed by atoms with Gasteiger partial charge in [0.1, 0.15) is 0 Å². The van der Waals surface area contributed by atoms with Crippen molar-refractivity contribution in [2.24, 2.45) is 7.05 Å². The Balaban J connectivity index is 2.41. The molecule has 0 saturated heterocycles. The summed E-state index contributed by atoms with van der Waals surface area (Å²) < 4.78 is 6.81. The van der Waals surface area contributed by atoms with Gasteiger partial charge < -0.3 is 4.74 Å². The number of nitrogens with zero attached hydrogens (tertiary/aromatic N) is 2. The normalized spacial score (nSPS) is 15.0. The van der Waals surface area contributed by atoms with Crippen molar-refractivity contribution in [1.82, 2.24) is 9.78 Å². The van der Waals surface area contributed by atoms with Crippen LogP contribution in [0.1, 0.15) is 28.2 Å². The lowest BCUT2D eigenvalue weighted by Gasteiger charge is -2.00. The van der Waals surface area contributed by atoms with Gasteiger partial charge in [-0.05, 0) is 13.8 Å². The van der Waals surface area contributed by atoms with E-state index in [0.29, 0.717) is 18.6 Å². The Morgan fingerprint density at radius 3 is 2.73 bits per heavy atom. The molecule has 1 aliphatic rings. The van der Waals surface area contributed by atoms with E-state index >= 15 is 0 Å². The molecule has 0 atom stereocenters. The molecule has 0 aromatic carbocycles. The summed E-state index contributed by atoms with van der Waals surface area (Å²) in [7, 11) is 1.85. The summed E-state index contributed by atoms with van der Waals surface area (Å²) in [5, 5.41) is 4.23. The second kappa shape index (κ2) is 3.53. The molecular weight excluding hydrogens is 192 g/mol. The number of rotatable bonds is 2. The lowest BCUT2D eigenvalue weighted by molar-refractivity contribution is 0.103. The highest BCUT2D eigenvalue weighted by Crippen LogP contribution is 2.21. The standard InChI is InChI=1S/C11H14N2O2/c1-7-10(8(2)13(3)12-7)11(14)9-4-5-15-6-9/h6H,4-5H2,1-3H3. The number of carbonyl (C=O) groups is 1. The van der Waals surface area contributed by atoms with Crippen molar-refractivity contribution < 1.29 is 9.53 Å². The molecule has 0 radical (unpaired) electrons. The van der Waals surface area contributed by atoms with Crippen LogP contribution in [0.2, 0.25) is 0 Å². The molecule has 4 heteroatoms. The predicted molar refractivity (Wildman–Crippen MR) is 55.7 cm³/mol. The summed E-state index contributed by atoms with van der Waals surface area (Å²) in [6.45, 7) is 4.37. The third kappa shape index (κ3) is 1.56. The molecule has 0 saturated carbocycles. The van der Waals surface area contributed by atoms with Crippen LogP contribution in [0.5, 0.6) is 0 Å². The lowest BCUT2D eigenvalue weighted by Crippen LogP contribution is -2.05. The highest BCUT2D eigenvalue weighted by Gasteiger charge is 2.22. The van der Waals surface area contributed by atoms with E-state index in [2.05, 4.69) is 5.10 Å². The Kier molecular flexibility index (Phi) is 2.34. The number of carbonyl (C=O) groups excluding carboxylic acids is 1. The van der Waals surface area contributed by atoms with Crippen molar-refractivity contribution in [3.8, 4) is 0 Å². The Hall–Kier alpha value is -1.58. The van der Waals surface area contributed by atoms with Gasteiger partial charge >= 0.3 is 0 Å². The molecule has 0 spiro atoms. The van der Waals surface area contributed by atoms with Gasteiger partial charge in [-0.3, -0.25) is 9.48 Å². The smallest absolute Gasteiger partial charge is 0.195 e. The topological polar surface area (TPSA) is 44.1 Å². The fourth-order valence-corrected chi connectivity index (χ4v) is 1.82. The molecule has 0 fully saturated rings. The van der Waals surface area contributed by atoms with E-state index in [-0.39, 0.29) is 5.78 Å². The van der Waals surface area contributed by atoms with E-state index in [1.54, 1.807) is 10.9 Å². The number of Topliss-reactive ketones (excluding diaryl/α,β-unsaturated/α-hetero) is 1. The zero-order valence-corrected chi connectivity index (χ0v) is 9.20. The van der Waals surface area contributed by atoms with Crippen LogP contribution in [0.4, 0.5) is 0 Å². The summed E-state index contributed by atoms with van der Waals surface area (Å²) in [6.07, 6.45) is 2.26. The zero-order valence-electron chi connectivity index (χ0n) is 9.20. The van der Waals surface area contributed by atoms with E-state index in [1.807, 2.05) is 20.9 Å². The van der Waals surface area contributed by atoms with E-state index in [1.165, 1.54) is 0 Å². The van der Waals surface area contributed by atoms with E-state index < -0.39 is 0 Å². The summed E-state index contributed by atoms with van der Waals surface area (Å²) in [5.74, 6) is 0.0515. The first-order valence-corrected chi connectivity index (χ1v) is 4.97. The van der Waals surface area contributed by atoms with E-state index in [0.717, 1.165) is 17.0 Å². The maximum absolute atomic E-state index is 12.1. The second-order valence-corrected chi connectivity index (χ2v) is 3.76. The molecule has 2 heterocycles. The highest BCUT2D eigenvalue weighted by atomic mass is 16.5. The minimum atomic E-state index is 0.0515. The van der Waals surface area contributed by atoms with Crippen molar-refractivity contribution >= 4 is 5.78 Å². The number of aryl methyl sites for hydroxylation is 2. The number of aromatic nitrogens is 2. The molecular formula is C11H14N2O2. The summed E-state index contributed by atoms with van der Waals surface area (Å²) in [4.78, 5) is 12.1. The van der Waals surface area contributed by atoms with Gasteiger partial charge in [-0.25, -0.2) is 0 Å². The molecule has 2 rings (SSSR count). The van der Waals surface area contributed by atoms with Crippen LogP contribution in [0.25, 0.3) is 0 Å². The summed E-state index contributed by atoms with van der Waals surface area (Å²) in [5.41, 5.74) is 3.15. The average molecular weight is 206 g/mol. The van der Waals surface area contributed by atoms with Gasteiger partial charge in [-0.15, -0.1) is 0 Å². The van der Waals surface area contributed by atoms with Crippen molar-refractivity contribution in [3.05, 3.63) is 28.8 Å². The first-order valence-electron chi connectivity index (χ1n) is 4.97. The van der Waals surface area contributed by atoms with Gasteiger partial charge in [0, 0.05) is 24.7 Å². The van der Waals surface area contributed by atoms with Crippen LogP contribution in [0.3, 0.4) is 0 Å². The SMILES string of the molecule is Cc1nn(C)c(C)c1C(=O)C1=COCC1. The van der Waals surface area contributed by atoms with Gasteiger partial charge in [-0.2, -0.15) is 5.10 Å². The first-order chi connectivity index (χ1) is 7.11. The van der Waals surface area contributed by atoms with Crippen LogP contribution in [-0.4, -0.2) is 22.2 Å². The zero-order chi connectivity index (χ0) is 11.0. The van der Waals surface area contributed by atoms with Gasteiger partial charge in [0.05, 0.1) is 24.1 Å². The van der Waals surface area contributed by atoms with Crippen molar-refractivity contribution in [1.29, 1.82) is 0 Å². The quantitative estimate of drug-likeness (QED) is 0.689. The molecule has 0 aliphatic carbocycles. The minimum Gasteiger partial charge on any atom is -0.500 e. The van der Waals surface area contributed by atoms with Crippen molar-refractivity contribution in [2.45, 2.75) is 20.3 Å². The van der Waals surface area contributed by atoms with Crippen LogP contribution in [-0.2, 0) is 11.8 Å². The molecule has 0 unspecified atom stereocenters. The number of ketones is 1. The monoisotopic (exact) mass is 206 g/mol. The largest absolute Gasteiger partial charge is 0.500 e. The molecule has 1 aromatic heterocycles. The fraction of sp³-hybridized carbons (Fsp3) is 0.455. The highest BCUT2D eigenvalue weighted by molar-refractivity contribution is 6.10. The molecule has 1 aromatic rings.